The molecule has 1 heterocycles. The fourth-order valence-corrected chi connectivity index (χ4v) is 5.69. The highest BCUT2D eigenvalue weighted by Gasteiger charge is 2.42. The van der Waals surface area contributed by atoms with Crippen LogP contribution in [0.3, 0.4) is 0 Å². The van der Waals surface area contributed by atoms with Crippen LogP contribution in [-0.4, -0.2) is 124 Å². The first-order valence-corrected chi connectivity index (χ1v) is 20.2. The van der Waals surface area contributed by atoms with Crippen LogP contribution in [0.25, 0.3) is 0 Å². The topological polar surface area (TPSA) is 296 Å². The van der Waals surface area contributed by atoms with Gasteiger partial charge in [0.2, 0.25) is 17.7 Å². The van der Waals surface area contributed by atoms with Gasteiger partial charge in [0.25, 0.3) is 11.8 Å². The molecule has 3 rings (SSSR count). The van der Waals surface area contributed by atoms with Crippen LogP contribution in [0, 0.1) is 5.92 Å². The van der Waals surface area contributed by atoms with Crippen molar-refractivity contribution in [2.75, 3.05) is 89.4 Å². The molecule has 326 valence electrons. The summed E-state index contributed by atoms with van der Waals surface area (Å²) in [4.78, 5) is 74.6. The Morgan fingerprint density at radius 2 is 1.44 bits per heavy atom. The van der Waals surface area contributed by atoms with Crippen LogP contribution >= 0.6 is 22.6 Å². The van der Waals surface area contributed by atoms with Crippen LogP contribution in [0.5, 0.6) is 0 Å². The molecule has 20 nitrogen and oxygen atoms in total. The number of carbonyl (C=O) groups is 6. The Morgan fingerprint density at radius 1 is 0.814 bits per heavy atom. The number of nitrogen functional groups attached to an aromatic ring is 2. The van der Waals surface area contributed by atoms with Crippen LogP contribution in [0.1, 0.15) is 42.6 Å². The normalized spacial score (nSPS) is 15.8. The van der Waals surface area contributed by atoms with E-state index in [4.69, 9.17) is 45.6 Å². The fourth-order valence-electron chi connectivity index (χ4n) is 5.23. The third kappa shape index (κ3) is 17.5. The van der Waals surface area contributed by atoms with Crippen molar-refractivity contribution in [1.29, 1.82) is 0 Å². The third-order valence-corrected chi connectivity index (χ3v) is 9.54. The first-order valence-electron chi connectivity index (χ1n) is 18.9. The molecule has 1 saturated heterocycles. The molecular formula is C38H55IN8O12. The van der Waals surface area contributed by atoms with Gasteiger partial charge in [-0.2, -0.15) is 0 Å². The largest absolute Gasteiger partial charge is 0.445 e. The van der Waals surface area contributed by atoms with Gasteiger partial charge in [-0.25, -0.2) is 4.79 Å². The molecule has 1 aliphatic rings. The number of hydrogen-bond acceptors (Lipinski definition) is 14. The highest BCUT2D eigenvalue weighted by Crippen LogP contribution is 2.19. The number of primary amides is 1. The summed E-state index contributed by atoms with van der Waals surface area (Å²) in [6.45, 7) is 6.42. The smallest absolute Gasteiger partial charge is 0.408 e. The SMILES string of the molecule is CC(C)[C@H](NC(=O)CCOCCOCCOCCOCCNC(=O)c1ccc(N)c(N)c1)C(=O)NC(I)C(=O)Nc1ccc(COC(=O)NC2(C(N)=O)CCOC2)cc1. The van der Waals surface area contributed by atoms with Gasteiger partial charge in [-0.3, -0.25) is 24.0 Å². The summed E-state index contributed by atoms with van der Waals surface area (Å²) in [7, 11) is 0. The second-order valence-corrected chi connectivity index (χ2v) is 14.8. The summed E-state index contributed by atoms with van der Waals surface area (Å²) in [5, 5.41) is 13.3. The van der Waals surface area contributed by atoms with Gasteiger partial charge in [0, 0.05) is 37.2 Å². The second kappa shape index (κ2) is 25.6. The molecule has 1 aliphatic heterocycles. The monoisotopic (exact) mass is 942 g/mol. The summed E-state index contributed by atoms with van der Waals surface area (Å²) < 4.78 is 31.3. The molecule has 0 spiro atoms. The standard InChI is InChI=1S/C38H55IN8O12/c1-24(2)31(34(50)46-32(39)35(51)44-27-6-3-25(4-7-27)22-59-37(53)47-38(36(42)52)10-13-58-23-38)45-30(48)9-12-54-15-17-56-19-20-57-18-16-55-14-11-43-33(49)26-5-8-28(40)29(41)21-26/h3-8,21,24,31-32H,9-20,22-23,40-41H2,1-2H3,(H2,42,52)(H,43,49)(H,44,51)(H,45,48)(H,46,50)(H,47,53)/t31-,32?,38?/m0/s1. The molecule has 0 radical (unpaired) electrons. The van der Waals surface area contributed by atoms with Gasteiger partial charge in [0.15, 0.2) is 4.05 Å². The van der Waals surface area contributed by atoms with Gasteiger partial charge < -0.3 is 72.2 Å². The molecule has 59 heavy (non-hydrogen) atoms. The van der Waals surface area contributed by atoms with E-state index in [0.717, 1.165) is 0 Å². The molecule has 2 aromatic rings. The number of hydrogen-bond donors (Lipinski definition) is 8. The lowest BCUT2D eigenvalue weighted by molar-refractivity contribution is -0.131. The lowest BCUT2D eigenvalue weighted by atomic mass is 9.98. The van der Waals surface area contributed by atoms with E-state index in [1.165, 1.54) is 6.07 Å². The number of halogens is 1. The van der Waals surface area contributed by atoms with Crippen LogP contribution in [0.2, 0.25) is 0 Å². The Hall–Kier alpha value is -4.81. The van der Waals surface area contributed by atoms with Gasteiger partial charge in [-0.05, 0) is 64.4 Å². The molecule has 0 aliphatic carbocycles. The highest BCUT2D eigenvalue weighted by molar-refractivity contribution is 14.1. The maximum Gasteiger partial charge on any atom is 0.408 e. The van der Waals surface area contributed by atoms with Crippen LogP contribution in [-0.2, 0) is 54.2 Å². The van der Waals surface area contributed by atoms with Crippen LogP contribution in [0.15, 0.2) is 42.5 Å². The Balaban J connectivity index is 1.20. The molecule has 21 heteroatoms. The number of ether oxygens (including phenoxy) is 6. The summed E-state index contributed by atoms with van der Waals surface area (Å²) in [6.07, 6.45) is -0.551. The van der Waals surface area contributed by atoms with Crippen molar-refractivity contribution in [2.24, 2.45) is 11.7 Å². The van der Waals surface area contributed by atoms with Gasteiger partial charge in [-0.15, -0.1) is 0 Å². The van der Waals surface area contributed by atoms with Crippen molar-refractivity contribution in [1.82, 2.24) is 21.3 Å². The summed E-state index contributed by atoms with van der Waals surface area (Å²) in [6, 6.07) is 10.3. The Morgan fingerprint density at radius 3 is 2.02 bits per heavy atom. The maximum absolute atomic E-state index is 13.0. The third-order valence-electron chi connectivity index (χ3n) is 8.66. The predicted octanol–water partition coefficient (Wildman–Crippen LogP) is 0.565. The van der Waals surface area contributed by atoms with Gasteiger partial charge >= 0.3 is 6.09 Å². The van der Waals surface area contributed by atoms with Gasteiger partial charge in [0.05, 0.1) is 70.8 Å². The number of carbonyl (C=O) groups excluding carboxylic acids is 6. The van der Waals surface area contributed by atoms with Crippen molar-refractivity contribution in [3.63, 3.8) is 0 Å². The molecule has 0 aromatic heterocycles. The zero-order chi connectivity index (χ0) is 43.2. The molecule has 2 aromatic carbocycles. The number of benzene rings is 2. The molecule has 11 N–H and O–H groups in total. The average Bonchev–Trinajstić information content (AvgIpc) is 3.68. The molecule has 0 saturated carbocycles. The van der Waals surface area contributed by atoms with Crippen molar-refractivity contribution in [3.05, 3.63) is 53.6 Å². The molecule has 1 fully saturated rings. The minimum absolute atomic E-state index is 0.0161. The van der Waals surface area contributed by atoms with E-state index < -0.39 is 39.4 Å². The van der Waals surface area contributed by atoms with E-state index in [-0.39, 0.29) is 57.0 Å². The Bertz CT molecular complexity index is 1690. The van der Waals surface area contributed by atoms with Crippen molar-refractivity contribution >= 4 is 75.3 Å². The summed E-state index contributed by atoms with van der Waals surface area (Å²) in [5.41, 5.74) is 17.7. The number of anilines is 3. The summed E-state index contributed by atoms with van der Waals surface area (Å²) >= 11 is 1.79. The Labute approximate surface area is 356 Å². The number of rotatable bonds is 26. The number of amides is 6. The van der Waals surface area contributed by atoms with Gasteiger partial charge in [-0.1, -0.05) is 26.0 Å². The van der Waals surface area contributed by atoms with Crippen LogP contribution < -0.4 is 43.8 Å². The van der Waals surface area contributed by atoms with E-state index >= 15 is 0 Å². The fraction of sp³-hybridized carbons (Fsp3) is 0.526. The molecule has 3 atom stereocenters. The number of alkyl halides is 1. The van der Waals surface area contributed by atoms with E-state index in [1.54, 1.807) is 72.8 Å². The average molecular weight is 943 g/mol. The van der Waals surface area contributed by atoms with Crippen molar-refractivity contribution in [2.45, 2.75) is 48.9 Å². The number of nitrogens with two attached hydrogens (primary N) is 3. The van der Waals surface area contributed by atoms with E-state index in [2.05, 4.69) is 26.6 Å². The molecular weight excluding hydrogens is 887 g/mol. The van der Waals surface area contributed by atoms with Gasteiger partial charge in [0.1, 0.15) is 18.2 Å². The minimum atomic E-state index is -1.30. The second-order valence-electron chi connectivity index (χ2n) is 13.6. The molecule has 0 bridgehead atoms. The quantitative estimate of drug-likeness (QED) is 0.0210. The lowest BCUT2D eigenvalue weighted by Gasteiger charge is -2.24. The predicted molar refractivity (Wildman–Crippen MR) is 224 cm³/mol. The summed E-state index contributed by atoms with van der Waals surface area (Å²) in [5.74, 6) is -2.66. The first-order chi connectivity index (χ1) is 28.2. The molecule has 6 amide bonds. The first kappa shape index (κ1) is 48.6. The highest BCUT2D eigenvalue weighted by atomic mass is 127. The van der Waals surface area contributed by atoms with E-state index in [9.17, 15) is 28.8 Å². The number of alkyl carbamates (subject to hydrolysis) is 1. The zero-order valence-corrected chi connectivity index (χ0v) is 35.3. The van der Waals surface area contributed by atoms with Crippen molar-refractivity contribution < 1.29 is 57.2 Å². The lowest BCUT2D eigenvalue weighted by Crippen LogP contribution is -2.58. The Kier molecular flexibility index (Phi) is 21.1. The van der Waals surface area contributed by atoms with E-state index in [0.29, 0.717) is 81.0 Å². The van der Waals surface area contributed by atoms with Crippen LogP contribution in [0.4, 0.5) is 21.9 Å². The maximum atomic E-state index is 13.0. The minimum Gasteiger partial charge on any atom is -0.445 e. The number of nitrogens with one attached hydrogen (secondary N) is 5. The van der Waals surface area contributed by atoms with E-state index in [1.807, 2.05) is 0 Å². The molecule has 2 unspecified atom stereocenters. The zero-order valence-electron chi connectivity index (χ0n) is 33.2. The van der Waals surface area contributed by atoms with Crippen molar-refractivity contribution in [3.8, 4) is 0 Å².